The predicted molar refractivity (Wildman–Crippen MR) is 57.4 cm³/mol. The topological polar surface area (TPSA) is 58.4 Å². The van der Waals surface area contributed by atoms with Gasteiger partial charge in [0.15, 0.2) is 0 Å². The smallest absolute Gasteiger partial charge is 0.237 e. The van der Waals surface area contributed by atoms with E-state index in [1.54, 1.807) is 11.8 Å². The number of hydrogen-bond donors (Lipinski definition) is 2. The van der Waals surface area contributed by atoms with Gasteiger partial charge >= 0.3 is 0 Å². The first-order valence-electron chi connectivity index (χ1n) is 4.31. The molecule has 0 fully saturated rings. The molecule has 0 heterocycles. The number of carbonyl (C=O) groups is 1. The average Bonchev–Trinajstić information content (AvgIpc) is 2.10. The van der Waals surface area contributed by atoms with Crippen LogP contribution in [0.4, 0.5) is 0 Å². The molecule has 0 rings (SSSR count). The number of nitrogens with one attached hydrogen (secondary N) is 1. The van der Waals surface area contributed by atoms with Gasteiger partial charge in [-0.15, -0.1) is 0 Å². The lowest BCUT2D eigenvalue weighted by Crippen LogP contribution is -2.35. The van der Waals surface area contributed by atoms with E-state index in [0.717, 1.165) is 18.1 Å². The quantitative estimate of drug-likeness (QED) is 0.275. The molecule has 4 nitrogen and oxygen atoms in total. The summed E-state index contributed by atoms with van der Waals surface area (Å²) in [4.78, 5) is 13.1. The number of hydrazine groups is 1. The van der Waals surface area contributed by atoms with Gasteiger partial charge in [-0.2, -0.15) is 11.8 Å². The molecule has 0 aromatic carbocycles. The van der Waals surface area contributed by atoms with Crippen molar-refractivity contribution in [3.8, 4) is 0 Å². The molecule has 1 unspecified atom stereocenters. The van der Waals surface area contributed by atoms with E-state index in [0.29, 0.717) is 0 Å². The fraction of sp³-hybridized carbons (Fsp3) is 0.875. The van der Waals surface area contributed by atoms with Gasteiger partial charge in [0.1, 0.15) is 0 Å². The second kappa shape index (κ2) is 7.17. The van der Waals surface area contributed by atoms with E-state index in [1.807, 2.05) is 21.0 Å². The Hall–Kier alpha value is -0.260. The molecule has 0 aliphatic rings. The van der Waals surface area contributed by atoms with E-state index < -0.39 is 0 Å². The van der Waals surface area contributed by atoms with E-state index in [4.69, 9.17) is 5.84 Å². The second-order valence-electron chi connectivity index (χ2n) is 3.29. The highest BCUT2D eigenvalue weighted by molar-refractivity contribution is 7.99. The molecule has 0 radical (unpaired) electrons. The highest BCUT2D eigenvalue weighted by atomic mass is 32.2. The average molecular weight is 205 g/mol. The van der Waals surface area contributed by atoms with E-state index >= 15 is 0 Å². The maximum atomic E-state index is 11.0. The van der Waals surface area contributed by atoms with Gasteiger partial charge in [0.25, 0.3) is 0 Å². The minimum Gasteiger partial charge on any atom is -0.309 e. The third-order valence-electron chi connectivity index (χ3n) is 1.64. The lowest BCUT2D eigenvalue weighted by atomic mass is 10.2. The van der Waals surface area contributed by atoms with Gasteiger partial charge < -0.3 is 4.90 Å². The van der Waals surface area contributed by atoms with Crippen LogP contribution in [0.2, 0.25) is 0 Å². The normalized spacial score (nSPS) is 13.0. The molecule has 1 amide bonds. The molecular formula is C8H19N3OS. The number of nitrogens with zero attached hydrogens (tertiary/aromatic N) is 1. The van der Waals surface area contributed by atoms with Crippen LogP contribution in [-0.4, -0.2) is 43.0 Å². The highest BCUT2D eigenvalue weighted by Gasteiger charge is 2.10. The molecule has 13 heavy (non-hydrogen) atoms. The molecule has 1 atom stereocenters. The number of amides is 1. The monoisotopic (exact) mass is 205 g/mol. The first kappa shape index (κ1) is 12.7. The lowest BCUT2D eigenvalue weighted by molar-refractivity contribution is -0.123. The van der Waals surface area contributed by atoms with Crippen LogP contribution in [-0.2, 0) is 4.79 Å². The molecule has 5 heteroatoms. The summed E-state index contributed by atoms with van der Waals surface area (Å²) in [5.41, 5.74) is 2.15. The minimum absolute atomic E-state index is 0.00263. The van der Waals surface area contributed by atoms with Crippen LogP contribution < -0.4 is 11.3 Å². The number of nitrogens with two attached hydrogens (primary N) is 1. The summed E-state index contributed by atoms with van der Waals surface area (Å²) in [6, 6.07) is 0. The fourth-order valence-corrected chi connectivity index (χ4v) is 1.89. The van der Waals surface area contributed by atoms with Crippen molar-refractivity contribution < 1.29 is 4.79 Å². The Morgan fingerprint density at radius 3 is 2.69 bits per heavy atom. The summed E-state index contributed by atoms with van der Waals surface area (Å²) in [6.07, 6.45) is 0. The molecule has 0 saturated heterocycles. The van der Waals surface area contributed by atoms with E-state index in [1.165, 1.54) is 0 Å². The SMILES string of the molecule is CC(CSCCN(C)C)C(=O)NN. The second-order valence-corrected chi connectivity index (χ2v) is 4.44. The van der Waals surface area contributed by atoms with Crippen molar-refractivity contribution >= 4 is 17.7 Å². The van der Waals surface area contributed by atoms with Crippen molar-refractivity contribution in [3.63, 3.8) is 0 Å². The first-order chi connectivity index (χ1) is 6.07. The van der Waals surface area contributed by atoms with Crippen molar-refractivity contribution in [1.29, 1.82) is 0 Å². The molecule has 0 saturated carbocycles. The number of carbonyl (C=O) groups excluding carboxylic acids is 1. The van der Waals surface area contributed by atoms with E-state index in [2.05, 4.69) is 10.3 Å². The van der Waals surface area contributed by atoms with Gasteiger partial charge in [-0.25, -0.2) is 5.84 Å². The first-order valence-corrected chi connectivity index (χ1v) is 5.46. The standard InChI is InChI=1S/C8H19N3OS/c1-7(8(12)10-9)6-13-5-4-11(2)3/h7H,4-6,9H2,1-3H3,(H,10,12). The maximum absolute atomic E-state index is 11.0. The zero-order valence-corrected chi connectivity index (χ0v) is 9.36. The Kier molecular flexibility index (Phi) is 7.03. The van der Waals surface area contributed by atoms with E-state index in [-0.39, 0.29) is 11.8 Å². The summed E-state index contributed by atoms with van der Waals surface area (Å²) in [7, 11) is 4.08. The van der Waals surface area contributed by atoms with Crippen LogP contribution in [0.5, 0.6) is 0 Å². The van der Waals surface area contributed by atoms with E-state index in [9.17, 15) is 4.79 Å². The Morgan fingerprint density at radius 2 is 2.23 bits per heavy atom. The van der Waals surface area contributed by atoms with Crippen LogP contribution in [0.25, 0.3) is 0 Å². The lowest BCUT2D eigenvalue weighted by Gasteiger charge is -2.11. The van der Waals surface area contributed by atoms with Gasteiger partial charge in [-0.1, -0.05) is 6.92 Å². The summed E-state index contributed by atoms with van der Waals surface area (Å²) in [6.45, 7) is 2.92. The zero-order chi connectivity index (χ0) is 10.3. The maximum Gasteiger partial charge on any atom is 0.237 e. The van der Waals surface area contributed by atoms with Crippen molar-refractivity contribution in [2.75, 3.05) is 32.1 Å². The zero-order valence-electron chi connectivity index (χ0n) is 8.54. The number of thioether (sulfide) groups is 1. The summed E-state index contributed by atoms with van der Waals surface area (Å²) in [5, 5.41) is 0. The van der Waals surface area contributed by atoms with Crippen molar-refractivity contribution in [3.05, 3.63) is 0 Å². The predicted octanol–water partition coefficient (Wildman–Crippen LogP) is -0.0928. The number of rotatable bonds is 6. The molecule has 3 N–H and O–H groups in total. The number of hydrogen-bond acceptors (Lipinski definition) is 4. The Morgan fingerprint density at radius 1 is 1.62 bits per heavy atom. The molecule has 78 valence electrons. The Balaban J connectivity index is 3.37. The van der Waals surface area contributed by atoms with Gasteiger partial charge in [0.05, 0.1) is 0 Å². The van der Waals surface area contributed by atoms with Gasteiger partial charge in [-0.3, -0.25) is 10.2 Å². The van der Waals surface area contributed by atoms with Crippen molar-refractivity contribution in [2.24, 2.45) is 11.8 Å². The molecule has 0 bridgehead atoms. The van der Waals surface area contributed by atoms with Gasteiger partial charge in [0.2, 0.25) is 5.91 Å². The third-order valence-corrected chi connectivity index (χ3v) is 2.85. The van der Waals surface area contributed by atoms with Crippen LogP contribution in [0.3, 0.4) is 0 Å². The fourth-order valence-electron chi connectivity index (χ4n) is 0.725. The molecule has 0 aromatic heterocycles. The van der Waals surface area contributed by atoms with Crippen molar-refractivity contribution in [1.82, 2.24) is 10.3 Å². The van der Waals surface area contributed by atoms with Gasteiger partial charge in [-0.05, 0) is 14.1 Å². The largest absolute Gasteiger partial charge is 0.309 e. The van der Waals surface area contributed by atoms with Crippen LogP contribution in [0.1, 0.15) is 6.92 Å². The van der Waals surface area contributed by atoms with Crippen LogP contribution in [0, 0.1) is 5.92 Å². The summed E-state index contributed by atoms with van der Waals surface area (Å²) >= 11 is 1.78. The minimum atomic E-state index is -0.0858. The molecule has 0 aliphatic heterocycles. The van der Waals surface area contributed by atoms with Crippen LogP contribution in [0.15, 0.2) is 0 Å². The highest BCUT2D eigenvalue weighted by Crippen LogP contribution is 2.07. The molecule has 0 aromatic rings. The van der Waals surface area contributed by atoms with Gasteiger partial charge in [0, 0.05) is 24.0 Å². The Labute approximate surface area is 84.2 Å². The Bertz CT molecular complexity index is 152. The molecule has 0 spiro atoms. The third kappa shape index (κ3) is 6.86. The summed E-state index contributed by atoms with van der Waals surface area (Å²) < 4.78 is 0. The van der Waals surface area contributed by atoms with Crippen LogP contribution >= 0.6 is 11.8 Å². The molecule has 0 aliphatic carbocycles. The summed E-state index contributed by atoms with van der Waals surface area (Å²) in [5.74, 6) is 6.80. The molecular weight excluding hydrogens is 186 g/mol. The van der Waals surface area contributed by atoms with Crippen molar-refractivity contribution in [2.45, 2.75) is 6.92 Å².